The summed E-state index contributed by atoms with van der Waals surface area (Å²) in [5, 5.41) is 0.624. The van der Waals surface area contributed by atoms with Crippen LogP contribution in [0.3, 0.4) is 0 Å². The fourth-order valence-corrected chi connectivity index (χ4v) is 8.36. The van der Waals surface area contributed by atoms with Gasteiger partial charge in [0, 0.05) is 43.2 Å². The van der Waals surface area contributed by atoms with E-state index in [1.165, 1.54) is 18.3 Å². The van der Waals surface area contributed by atoms with Crippen molar-refractivity contribution in [2.45, 2.75) is 82.3 Å². The summed E-state index contributed by atoms with van der Waals surface area (Å²) in [6, 6.07) is 6.84. The van der Waals surface area contributed by atoms with Crippen LogP contribution in [0.2, 0.25) is 0 Å². The Labute approximate surface area is 281 Å². The molecule has 4 aliphatic heterocycles. The van der Waals surface area contributed by atoms with Crippen LogP contribution in [-0.2, 0) is 4.74 Å². The lowest BCUT2D eigenvalue weighted by Gasteiger charge is -2.42. The van der Waals surface area contributed by atoms with Gasteiger partial charge < -0.3 is 14.4 Å². The van der Waals surface area contributed by atoms with Gasteiger partial charge in [0.05, 0.1) is 23.0 Å². The summed E-state index contributed by atoms with van der Waals surface area (Å²) < 4.78 is 72.8. The first-order chi connectivity index (χ1) is 23.4. The largest absolute Gasteiger partial charge is 0.461 e. The molecule has 4 aliphatic rings. The molecule has 258 valence electrons. The minimum atomic E-state index is -1.09. The average molecular weight is 679 g/mol. The standard InChI is InChI=1S/C36H38F4N6O3/c1-35(2,3)49-34(47)46-22-9-10-23(46)18-44(17-22)32-25-15-41-30(24-7-4-6-20-8-11-26(38)28(39)27(20)24)29(40)31(25)42-33(43-32)48-19-36-12-5-13-45(36)16-21(37)14-36/h4,6-8,11,15,21-23H,5,9-10,12-14,16-19H2,1-3H3/t21-,22?,23?,36?/m1/s1. The number of nitrogens with zero attached hydrogens (tertiary/aromatic N) is 6. The summed E-state index contributed by atoms with van der Waals surface area (Å²) in [5.41, 5.74) is -1.32. The average Bonchev–Trinajstić information content (AvgIpc) is 3.67. The van der Waals surface area contributed by atoms with E-state index in [9.17, 15) is 13.6 Å². The summed E-state index contributed by atoms with van der Waals surface area (Å²) in [7, 11) is 0. The molecule has 4 atom stereocenters. The van der Waals surface area contributed by atoms with Crippen LogP contribution < -0.4 is 9.64 Å². The quantitative estimate of drug-likeness (QED) is 0.213. The Morgan fingerprint density at radius 1 is 1.02 bits per heavy atom. The predicted molar refractivity (Wildman–Crippen MR) is 176 cm³/mol. The van der Waals surface area contributed by atoms with Crippen LogP contribution in [0, 0.1) is 17.5 Å². The first kappa shape index (κ1) is 32.0. The van der Waals surface area contributed by atoms with E-state index < -0.39 is 34.8 Å². The number of benzene rings is 2. The Kier molecular flexibility index (Phi) is 7.62. The summed E-state index contributed by atoms with van der Waals surface area (Å²) in [6.07, 6.45) is 3.72. The number of pyridine rings is 1. The van der Waals surface area contributed by atoms with E-state index in [0.717, 1.165) is 38.3 Å². The molecule has 0 N–H and O–H groups in total. The first-order valence-electron chi connectivity index (χ1n) is 16.9. The van der Waals surface area contributed by atoms with Gasteiger partial charge in [-0.1, -0.05) is 24.3 Å². The monoisotopic (exact) mass is 678 g/mol. The molecule has 8 rings (SSSR count). The van der Waals surface area contributed by atoms with Crippen LogP contribution in [0.1, 0.15) is 52.9 Å². The van der Waals surface area contributed by atoms with Crippen molar-refractivity contribution < 1.29 is 31.8 Å². The number of fused-ring (bicyclic) bond motifs is 5. The molecule has 2 aromatic heterocycles. The van der Waals surface area contributed by atoms with Gasteiger partial charge in [-0.05, 0) is 64.5 Å². The number of aromatic nitrogens is 3. The van der Waals surface area contributed by atoms with Crippen molar-refractivity contribution in [3.05, 3.63) is 54.0 Å². The molecule has 4 saturated heterocycles. The highest BCUT2D eigenvalue weighted by Crippen LogP contribution is 2.42. The minimum absolute atomic E-state index is 0.0702. The third-order valence-electron chi connectivity index (χ3n) is 10.5. The minimum Gasteiger partial charge on any atom is -0.461 e. The van der Waals surface area contributed by atoms with Crippen molar-refractivity contribution in [3.63, 3.8) is 0 Å². The van der Waals surface area contributed by atoms with Crippen molar-refractivity contribution in [3.8, 4) is 17.3 Å². The number of piperazine rings is 1. The molecule has 6 heterocycles. The molecule has 4 aromatic rings. The molecule has 49 heavy (non-hydrogen) atoms. The SMILES string of the molecule is CC(C)(C)OC(=O)N1C2CCC1CN(c1nc(OCC34CCCN3C[C@H](F)C4)nc3c(F)c(-c4cccc5ccc(F)c(F)c45)ncc13)C2. The Hall–Kier alpha value is -4.26. The van der Waals surface area contributed by atoms with Crippen molar-refractivity contribution in [2.75, 3.05) is 37.7 Å². The maximum atomic E-state index is 16.8. The number of ether oxygens (including phenoxy) is 2. The number of rotatable bonds is 5. The molecular formula is C36H38F4N6O3. The Bertz CT molecular complexity index is 1960. The van der Waals surface area contributed by atoms with Gasteiger partial charge in [-0.3, -0.25) is 14.8 Å². The highest BCUT2D eigenvalue weighted by Gasteiger charge is 2.50. The number of hydrogen-bond acceptors (Lipinski definition) is 8. The smallest absolute Gasteiger partial charge is 0.410 e. The van der Waals surface area contributed by atoms with E-state index in [1.54, 1.807) is 17.0 Å². The second kappa shape index (κ2) is 11.7. The normalized spacial score (nSPS) is 25.4. The molecular weight excluding hydrogens is 640 g/mol. The van der Waals surface area contributed by atoms with E-state index in [0.29, 0.717) is 42.6 Å². The predicted octanol–water partition coefficient (Wildman–Crippen LogP) is 6.81. The van der Waals surface area contributed by atoms with E-state index in [-0.39, 0.29) is 53.0 Å². The maximum absolute atomic E-state index is 16.8. The van der Waals surface area contributed by atoms with Crippen molar-refractivity contribution in [2.24, 2.45) is 0 Å². The topological polar surface area (TPSA) is 83.9 Å². The van der Waals surface area contributed by atoms with E-state index in [4.69, 9.17) is 14.5 Å². The van der Waals surface area contributed by atoms with Crippen LogP contribution >= 0.6 is 0 Å². The number of hydrogen-bond donors (Lipinski definition) is 0. The summed E-state index contributed by atoms with van der Waals surface area (Å²) in [6.45, 7) is 7.61. The fraction of sp³-hybridized carbons (Fsp3) is 0.500. The van der Waals surface area contributed by atoms with Crippen LogP contribution in [0.25, 0.3) is 32.9 Å². The van der Waals surface area contributed by atoms with Gasteiger partial charge in [0.2, 0.25) is 0 Å². The third-order valence-corrected chi connectivity index (χ3v) is 10.5. The van der Waals surface area contributed by atoms with E-state index in [1.807, 2.05) is 25.7 Å². The van der Waals surface area contributed by atoms with Gasteiger partial charge in [0.15, 0.2) is 17.5 Å². The lowest BCUT2D eigenvalue weighted by atomic mass is 9.95. The van der Waals surface area contributed by atoms with E-state index in [2.05, 4.69) is 14.9 Å². The van der Waals surface area contributed by atoms with Gasteiger partial charge in [0.25, 0.3) is 0 Å². The molecule has 0 radical (unpaired) electrons. The second-order valence-corrected chi connectivity index (χ2v) is 14.8. The molecule has 2 bridgehead atoms. The number of amides is 1. The molecule has 2 aromatic carbocycles. The van der Waals surface area contributed by atoms with Gasteiger partial charge in [-0.2, -0.15) is 9.97 Å². The molecule has 3 unspecified atom stereocenters. The number of anilines is 1. The van der Waals surface area contributed by atoms with Crippen molar-refractivity contribution >= 4 is 33.6 Å². The zero-order chi connectivity index (χ0) is 34.2. The Balaban J connectivity index is 1.21. The molecule has 9 nitrogen and oxygen atoms in total. The molecule has 4 fully saturated rings. The zero-order valence-corrected chi connectivity index (χ0v) is 27.7. The summed E-state index contributed by atoms with van der Waals surface area (Å²) in [5.74, 6) is -2.58. The summed E-state index contributed by atoms with van der Waals surface area (Å²) in [4.78, 5) is 32.8. The van der Waals surface area contributed by atoms with Crippen molar-refractivity contribution in [1.82, 2.24) is 24.8 Å². The summed E-state index contributed by atoms with van der Waals surface area (Å²) >= 11 is 0. The molecule has 0 saturated carbocycles. The van der Waals surface area contributed by atoms with Crippen LogP contribution in [0.15, 0.2) is 36.5 Å². The van der Waals surface area contributed by atoms with Gasteiger partial charge in [0.1, 0.15) is 35.4 Å². The Morgan fingerprint density at radius 3 is 2.55 bits per heavy atom. The van der Waals surface area contributed by atoms with Crippen LogP contribution in [0.5, 0.6) is 6.01 Å². The van der Waals surface area contributed by atoms with Gasteiger partial charge in [-0.25, -0.2) is 22.4 Å². The highest BCUT2D eigenvalue weighted by atomic mass is 19.2. The van der Waals surface area contributed by atoms with Crippen molar-refractivity contribution in [1.29, 1.82) is 0 Å². The van der Waals surface area contributed by atoms with Crippen LogP contribution in [-0.4, -0.2) is 93.0 Å². The number of halogens is 4. The lowest BCUT2D eigenvalue weighted by molar-refractivity contribution is 0.0122. The van der Waals surface area contributed by atoms with Gasteiger partial charge >= 0.3 is 12.1 Å². The Morgan fingerprint density at radius 2 is 1.80 bits per heavy atom. The number of carbonyl (C=O) groups is 1. The fourth-order valence-electron chi connectivity index (χ4n) is 8.36. The van der Waals surface area contributed by atoms with Crippen LogP contribution in [0.4, 0.5) is 28.2 Å². The van der Waals surface area contributed by atoms with Gasteiger partial charge in [-0.15, -0.1) is 0 Å². The third kappa shape index (κ3) is 5.50. The lowest BCUT2D eigenvalue weighted by Crippen LogP contribution is -2.57. The highest BCUT2D eigenvalue weighted by molar-refractivity contribution is 5.99. The number of carbonyl (C=O) groups excluding carboxylic acids is 1. The molecule has 0 aliphatic carbocycles. The molecule has 0 spiro atoms. The first-order valence-corrected chi connectivity index (χ1v) is 16.9. The second-order valence-electron chi connectivity index (χ2n) is 14.8. The molecule has 13 heteroatoms. The molecule has 1 amide bonds. The zero-order valence-electron chi connectivity index (χ0n) is 27.7. The van der Waals surface area contributed by atoms with E-state index >= 15 is 8.78 Å². The maximum Gasteiger partial charge on any atom is 0.410 e. The number of alkyl halides is 1.